The van der Waals surface area contributed by atoms with Crippen molar-refractivity contribution in [2.24, 2.45) is 16.8 Å². The molecule has 4 atom stereocenters. The summed E-state index contributed by atoms with van der Waals surface area (Å²) in [5.41, 5.74) is 0. The second kappa shape index (κ2) is 8.30. The third-order valence-corrected chi connectivity index (χ3v) is 7.18. The van der Waals surface area contributed by atoms with Crippen molar-refractivity contribution in [3.05, 3.63) is 0 Å². The molecule has 1 N–H and O–H groups in total. The highest BCUT2D eigenvalue weighted by Crippen LogP contribution is 2.46. The summed E-state index contributed by atoms with van der Waals surface area (Å²) < 4.78 is 0. The predicted molar refractivity (Wildman–Crippen MR) is 103 cm³/mol. The van der Waals surface area contributed by atoms with Crippen LogP contribution >= 0.6 is 24.2 Å². The van der Waals surface area contributed by atoms with Gasteiger partial charge in [-0.1, -0.05) is 31.0 Å². The van der Waals surface area contributed by atoms with E-state index in [-0.39, 0.29) is 29.5 Å². The predicted octanol–water partition coefficient (Wildman–Crippen LogP) is 2.98. The van der Waals surface area contributed by atoms with Crippen LogP contribution in [0.4, 0.5) is 0 Å². The largest absolute Gasteiger partial charge is 0.343 e. The lowest BCUT2D eigenvalue weighted by Gasteiger charge is -2.21. The van der Waals surface area contributed by atoms with E-state index in [0.29, 0.717) is 12.5 Å². The zero-order valence-corrected chi connectivity index (χ0v) is 16.2. The first-order valence-electron chi connectivity index (χ1n) is 9.52. The molecular formula is C18H28ClN3O2S. The van der Waals surface area contributed by atoms with E-state index in [0.717, 1.165) is 42.9 Å². The average Bonchev–Trinajstić information content (AvgIpc) is 3.18. The summed E-state index contributed by atoms with van der Waals surface area (Å²) in [6, 6.07) is 0.395. The van der Waals surface area contributed by atoms with Gasteiger partial charge in [-0.25, -0.2) is 0 Å². The fraction of sp³-hybridized carbons (Fsp3) is 0.833. The van der Waals surface area contributed by atoms with E-state index < -0.39 is 0 Å². The van der Waals surface area contributed by atoms with Gasteiger partial charge < -0.3 is 10.2 Å². The normalized spacial score (nSPS) is 36.2. The van der Waals surface area contributed by atoms with Gasteiger partial charge in [0.15, 0.2) is 5.17 Å². The van der Waals surface area contributed by atoms with Gasteiger partial charge in [0.25, 0.3) is 0 Å². The van der Waals surface area contributed by atoms with E-state index in [1.807, 2.05) is 4.90 Å². The minimum absolute atomic E-state index is 0. The van der Waals surface area contributed by atoms with Gasteiger partial charge in [-0.05, 0) is 43.9 Å². The summed E-state index contributed by atoms with van der Waals surface area (Å²) in [5.74, 6) is 1.67. The third-order valence-electron chi connectivity index (χ3n) is 6.08. The number of nitrogens with one attached hydrogen (secondary N) is 1. The van der Waals surface area contributed by atoms with Gasteiger partial charge in [0, 0.05) is 19.5 Å². The van der Waals surface area contributed by atoms with Crippen molar-refractivity contribution in [2.45, 2.75) is 69.1 Å². The number of fused-ring (bicyclic) bond motifs is 2. The second-order valence-electron chi connectivity index (χ2n) is 7.77. The standard InChI is InChI=1S/C18H27N3O2S.ClH/c22-16(21-7-3-1-2-4-8-21)11-15-17(23)20-18(24-15)19-14-10-12-5-6-13(14)9-12;/h12-15H,1-11H2,(H,19,20,23);1H. The summed E-state index contributed by atoms with van der Waals surface area (Å²) in [6.07, 6.45) is 10.1. The molecule has 0 aromatic heterocycles. The number of hydrogen-bond donors (Lipinski definition) is 1. The Morgan fingerprint density at radius 2 is 1.92 bits per heavy atom. The van der Waals surface area contributed by atoms with Crippen molar-refractivity contribution in [2.75, 3.05) is 13.1 Å². The maximum absolute atomic E-state index is 12.5. The number of thioether (sulfide) groups is 1. The minimum atomic E-state index is -0.293. The maximum atomic E-state index is 12.5. The van der Waals surface area contributed by atoms with Gasteiger partial charge >= 0.3 is 0 Å². The molecule has 2 saturated carbocycles. The molecule has 2 amide bonds. The molecular weight excluding hydrogens is 358 g/mol. The van der Waals surface area contributed by atoms with Crippen LogP contribution < -0.4 is 5.32 Å². The van der Waals surface area contributed by atoms with E-state index in [1.54, 1.807) is 0 Å². The Morgan fingerprint density at radius 3 is 2.56 bits per heavy atom. The molecule has 2 saturated heterocycles. The molecule has 4 fully saturated rings. The fourth-order valence-corrected chi connectivity index (χ4v) is 5.75. The van der Waals surface area contributed by atoms with Gasteiger partial charge in [-0.2, -0.15) is 0 Å². The summed E-state index contributed by atoms with van der Waals surface area (Å²) >= 11 is 1.47. The Hall–Kier alpha value is -0.750. The number of likely N-dealkylation sites (tertiary alicyclic amines) is 1. The smallest absolute Gasteiger partial charge is 0.240 e. The molecule has 0 aromatic carbocycles. The van der Waals surface area contributed by atoms with Crippen LogP contribution in [0.3, 0.4) is 0 Å². The number of carbonyl (C=O) groups excluding carboxylic acids is 2. The van der Waals surface area contributed by atoms with Gasteiger partial charge in [-0.3, -0.25) is 14.6 Å². The number of amidine groups is 1. The topological polar surface area (TPSA) is 61.8 Å². The number of halogens is 1. The van der Waals surface area contributed by atoms with E-state index in [9.17, 15) is 9.59 Å². The fourth-order valence-electron chi connectivity index (χ4n) is 4.73. The van der Waals surface area contributed by atoms with Gasteiger partial charge in [0.05, 0.1) is 6.04 Å². The maximum Gasteiger partial charge on any atom is 0.240 e. The van der Waals surface area contributed by atoms with Crippen LogP contribution in [-0.2, 0) is 9.59 Å². The molecule has 4 rings (SSSR count). The molecule has 0 spiro atoms. The van der Waals surface area contributed by atoms with Crippen LogP contribution in [0.15, 0.2) is 4.99 Å². The van der Waals surface area contributed by atoms with Crippen LogP contribution in [0, 0.1) is 11.8 Å². The molecule has 2 bridgehead atoms. The van der Waals surface area contributed by atoms with Gasteiger partial charge in [-0.15, -0.1) is 12.4 Å². The molecule has 140 valence electrons. The second-order valence-corrected chi connectivity index (χ2v) is 8.96. The lowest BCUT2D eigenvalue weighted by atomic mass is 9.96. The summed E-state index contributed by atoms with van der Waals surface area (Å²) in [4.78, 5) is 31.5. The molecule has 2 heterocycles. The number of rotatable bonds is 3. The number of carbonyl (C=O) groups is 2. The Bertz CT molecular complexity index is 548. The Labute approximate surface area is 160 Å². The molecule has 0 radical (unpaired) electrons. The zero-order valence-electron chi connectivity index (χ0n) is 14.6. The van der Waals surface area contributed by atoms with Crippen molar-refractivity contribution >= 4 is 41.2 Å². The number of amides is 2. The van der Waals surface area contributed by atoms with Crippen molar-refractivity contribution in [1.82, 2.24) is 10.2 Å². The number of hydrogen-bond acceptors (Lipinski definition) is 4. The highest BCUT2D eigenvalue weighted by atomic mass is 35.5. The van der Waals surface area contributed by atoms with Crippen molar-refractivity contribution in [3.63, 3.8) is 0 Å². The molecule has 25 heavy (non-hydrogen) atoms. The molecule has 7 heteroatoms. The average molecular weight is 386 g/mol. The Balaban J connectivity index is 0.00000182. The van der Waals surface area contributed by atoms with E-state index in [1.165, 1.54) is 50.3 Å². The first kappa shape index (κ1) is 19.0. The lowest BCUT2D eigenvalue weighted by molar-refractivity contribution is -0.132. The van der Waals surface area contributed by atoms with Crippen LogP contribution in [0.5, 0.6) is 0 Å². The van der Waals surface area contributed by atoms with Crippen LogP contribution in [0.25, 0.3) is 0 Å². The Morgan fingerprint density at radius 1 is 1.16 bits per heavy atom. The van der Waals surface area contributed by atoms with Crippen LogP contribution in [-0.4, -0.2) is 46.3 Å². The quantitative estimate of drug-likeness (QED) is 0.812. The van der Waals surface area contributed by atoms with Gasteiger partial charge in [0.1, 0.15) is 5.25 Å². The highest BCUT2D eigenvalue weighted by molar-refractivity contribution is 8.15. The van der Waals surface area contributed by atoms with E-state index in [2.05, 4.69) is 5.32 Å². The monoisotopic (exact) mass is 385 g/mol. The van der Waals surface area contributed by atoms with E-state index in [4.69, 9.17) is 4.99 Å². The molecule has 4 aliphatic rings. The third kappa shape index (κ3) is 4.33. The zero-order chi connectivity index (χ0) is 16.5. The summed E-state index contributed by atoms with van der Waals surface area (Å²) in [6.45, 7) is 1.70. The van der Waals surface area contributed by atoms with Crippen LogP contribution in [0.2, 0.25) is 0 Å². The number of aliphatic imine (C=N–C) groups is 1. The molecule has 5 nitrogen and oxygen atoms in total. The molecule has 4 unspecified atom stereocenters. The minimum Gasteiger partial charge on any atom is -0.343 e. The first-order chi connectivity index (χ1) is 11.7. The first-order valence-corrected chi connectivity index (χ1v) is 10.4. The SMILES string of the molecule is Cl.O=C1NC(=NC2CC3CCC2C3)SC1CC(=O)N1CCCCCC1. The van der Waals surface area contributed by atoms with Crippen molar-refractivity contribution < 1.29 is 9.59 Å². The van der Waals surface area contributed by atoms with Gasteiger partial charge in [0.2, 0.25) is 11.8 Å². The van der Waals surface area contributed by atoms with Crippen molar-refractivity contribution in [3.8, 4) is 0 Å². The molecule has 0 aromatic rings. The van der Waals surface area contributed by atoms with E-state index >= 15 is 0 Å². The Kier molecular flexibility index (Phi) is 6.31. The highest BCUT2D eigenvalue weighted by Gasteiger charge is 2.41. The molecule has 2 aliphatic carbocycles. The molecule has 2 aliphatic heterocycles. The van der Waals surface area contributed by atoms with Crippen LogP contribution in [0.1, 0.15) is 57.8 Å². The number of nitrogens with zero attached hydrogens (tertiary/aromatic N) is 2. The summed E-state index contributed by atoms with van der Waals surface area (Å²) in [5, 5.41) is 3.38. The summed E-state index contributed by atoms with van der Waals surface area (Å²) in [7, 11) is 0. The van der Waals surface area contributed by atoms with Crippen molar-refractivity contribution in [1.29, 1.82) is 0 Å². The lowest BCUT2D eigenvalue weighted by Crippen LogP contribution is -2.35.